The van der Waals surface area contributed by atoms with Crippen molar-refractivity contribution in [1.82, 2.24) is 14.8 Å². The Bertz CT molecular complexity index is 834. The number of benzene rings is 1. The number of nitrogens with zero attached hydrogens (tertiary/aromatic N) is 3. The second-order valence-electron chi connectivity index (χ2n) is 6.01. The number of hydrogen-bond acceptors (Lipinski definition) is 2. The van der Waals surface area contributed by atoms with E-state index in [2.05, 4.69) is 52.8 Å². The van der Waals surface area contributed by atoms with E-state index in [1.807, 2.05) is 11.6 Å². The second kappa shape index (κ2) is 4.69. The zero-order chi connectivity index (χ0) is 15.3. The number of pyridine rings is 1. The Morgan fingerprint density at radius 2 is 1.38 bits per heavy atom. The predicted molar refractivity (Wildman–Crippen MR) is 87.3 cm³/mol. The van der Waals surface area contributed by atoms with Crippen molar-refractivity contribution in [3.63, 3.8) is 0 Å². The molecule has 3 rings (SSSR count). The lowest BCUT2D eigenvalue weighted by molar-refractivity contribution is 0.860. The molecule has 0 fully saturated rings. The van der Waals surface area contributed by atoms with Crippen LogP contribution in [0.5, 0.6) is 0 Å². The first-order valence-corrected chi connectivity index (χ1v) is 7.30. The third kappa shape index (κ3) is 2.13. The zero-order valence-corrected chi connectivity index (χ0v) is 13.6. The van der Waals surface area contributed by atoms with Gasteiger partial charge in [0, 0.05) is 11.1 Å². The van der Waals surface area contributed by atoms with Crippen LogP contribution in [0.3, 0.4) is 0 Å². The van der Waals surface area contributed by atoms with Crippen LogP contribution in [0.25, 0.3) is 16.7 Å². The summed E-state index contributed by atoms with van der Waals surface area (Å²) in [5.74, 6) is 0. The van der Waals surface area contributed by atoms with Gasteiger partial charge in [-0.05, 0) is 64.3 Å². The SMILES string of the molecule is Cc1cc(C)c(-n2nc(C)c3cc(C)c(C)nc32)c(C)c1. The van der Waals surface area contributed by atoms with Gasteiger partial charge in [-0.2, -0.15) is 5.10 Å². The van der Waals surface area contributed by atoms with Crippen LogP contribution in [0.2, 0.25) is 0 Å². The fraction of sp³-hybridized carbons (Fsp3) is 0.333. The van der Waals surface area contributed by atoms with Crippen LogP contribution in [-0.4, -0.2) is 14.8 Å². The van der Waals surface area contributed by atoms with Crippen LogP contribution < -0.4 is 0 Å². The van der Waals surface area contributed by atoms with Crippen molar-refractivity contribution in [3.05, 3.63) is 51.8 Å². The highest BCUT2D eigenvalue weighted by molar-refractivity contribution is 5.81. The van der Waals surface area contributed by atoms with Crippen molar-refractivity contribution >= 4 is 11.0 Å². The van der Waals surface area contributed by atoms with Crippen molar-refractivity contribution in [3.8, 4) is 5.69 Å². The summed E-state index contributed by atoms with van der Waals surface area (Å²) in [6.07, 6.45) is 0. The number of aryl methyl sites for hydroxylation is 6. The van der Waals surface area contributed by atoms with E-state index < -0.39 is 0 Å². The summed E-state index contributed by atoms with van der Waals surface area (Å²) in [4.78, 5) is 4.78. The van der Waals surface area contributed by atoms with Gasteiger partial charge in [0.2, 0.25) is 0 Å². The largest absolute Gasteiger partial charge is 0.233 e. The summed E-state index contributed by atoms with van der Waals surface area (Å²) >= 11 is 0. The van der Waals surface area contributed by atoms with Gasteiger partial charge in [-0.3, -0.25) is 0 Å². The minimum Gasteiger partial charge on any atom is -0.233 e. The number of fused-ring (bicyclic) bond motifs is 1. The van der Waals surface area contributed by atoms with Crippen molar-refractivity contribution in [2.45, 2.75) is 41.5 Å². The maximum absolute atomic E-state index is 4.78. The van der Waals surface area contributed by atoms with Gasteiger partial charge in [-0.15, -0.1) is 0 Å². The maximum atomic E-state index is 4.78. The van der Waals surface area contributed by atoms with Crippen molar-refractivity contribution < 1.29 is 0 Å². The molecular formula is C18H21N3. The molecule has 2 heterocycles. The van der Waals surface area contributed by atoms with Gasteiger partial charge >= 0.3 is 0 Å². The Kier molecular flexibility index (Phi) is 3.08. The summed E-state index contributed by atoms with van der Waals surface area (Å²) in [5, 5.41) is 5.88. The molecular weight excluding hydrogens is 258 g/mol. The van der Waals surface area contributed by atoms with Crippen LogP contribution in [0, 0.1) is 41.5 Å². The van der Waals surface area contributed by atoms with Crippen LogP contribution in [-0.2, 0) is 0 Å². The van der Waals surface area contributed by atoms with E-state index >= 15 is 0 Å². The maximum Gasteiger partial charge on any atom is 0.163 e. The molecule has 0 N–H and O–H groups in total. The summed E-state index contributed by atoms with van der Waals surface area (Å²) in [6, 6.07) is 6.59. The fourth-order valence-corrected chi connectivity index (χ4v) is 3.03. The first-order chi connectivity index (χ1) is 9.88. The lowest BCUT2D eigenvalue weighted by atomic mass is 10.1. The average Bonchev–Trinajstić information content (AvgIpc) is 2.66. The molecule has 1 aromatic carbocycles. The fourth-order valence-electron chi connectivity index (χ4n) is 3.03. The Morgan fingerprint density at radius 3 is 2.00 bits per heavy atom. The molecule has 0 atom stereocenters. The van der Waals surface area contributed by atoms with E-state index in [1.165, 1.54) is 22.3 Å². The molecule has 2 aromatic heterocycles. The average molecular weight is 279 g/mol. The standard InChI is InChI=1S/C18H21N3/c1-10-7-12(3)17(13(4)8-10)21-18-16(15(6)20-21)9-11(2)14(5)19-18/h7-9H,1-6H3. The normalized spacial score (nSPS) is 11.3. The lowest BCUT2D eigenvalue weighted by Crippen LogP contribution is -2.04. The molecule has 0 amide bonds. The van der Waals surface area contributed by atoms with Gasteiger partial charge in [-0.25, -0.2) is 9.67 Å². The summed E-state index contributed by atoms with van der Waals surface area (Å²) in [7, 11) is 0. The summed E-state index contributed by atoms with van der Waals surface area (Å²) in [6.45, 7) is 12.6. The Labute approximate surface area is 125 Å². The Hall–Kier alpha value is -2.16. The van der Waals surface area contributed by atoms with Crippen LogP contribution >= 0.6 is 0 Å². The lowest BCUT2D eigenvalue weighted by Gasteiger charge is -2.12. The molecule has 0 radical (unpaired) electrons. The van der Waals surface area contributed by atoms with Gasteiger partial charge in [0.1, 0.15) is 0 Å². The molecule has 3 nitrogen and oxygen atoms in total. The van der Waals surface area contributed by atoms with Crippen LogP contribution in [0.1, 0.15) is 33.6 Å². The van der Waals surface area contributed by atoms with E-state index in [0.29, 0.717) is 0 Å². The number of hydrogen-bond donors (Lipinski definition) is 0. The van der Waals surface area contributed by atoms with E-state index in [1.54, 1.807) is 0 Å². The third-order valence-corrected chi connectivity index (χ3v) is 4.13. The third-order valence-electron chi connectivity index (χ3n) is 4.13. The Balaban J connectivity index is 2.39. The molecule has 0 spiro atoms. The van der Waals surface area contributed by atoms with Crippen LogP contribution in [0.4, 0.5) is 0 Å². The van der Waals surface area contributed by atoms with E-state index in [0.717, 1.165) is 28.1 Å². The van der Waals surface area contributed by atoms with E-state index in [-0.39, 0.29) is 0 Å². The summed E-state index contributed by atoms with van der Waals surface area (Å²) < 4.78 is 2.00. The quantitative estimate of drug-likeness (QED) is 0.666. The monoisotopic (exact) mass is 279 g/mol. The summed E-state index contributed by atoms with van der Waals surface area (Å²) in [5.41, 5.74) is 9.14. The minimum atomic E-state index is 0.950. The molecule has 3 heteroatoms. The molecule has 0 unspecified atom stereocenters. The smallest absolute Gasteiger partial charge is 0.163 e. The highest BCUT2D eigenvalue weighted by Crippen LogP contribution is 2.26. The highest BCUT2D eigenvalue weighted by atomic mass is 15.3. The first kappa shape index (κ1) is 13.8. The van der Waals surface area contributed by atoms with Crippen molar-refractivity contribution in [2.24, 2.45) is 0 Å². The van der Waals surface area contributed by atoms with Gasteiger partial charge in [-0.1, -0.05) is 17.7 Å². The van der Waals surface area contributed by atoms with Gasteiger partial charge in [0.25, 0.3) is 0 Å². The molecule has 0 aliphatic heterocycles. The van der Waals surface area contributed by atoms with Gasteiger partial charge in [0.15, 0.2) is 5.65 Å². The van der Waals surface area contributed by atoms with Crippen molar-refractivity contribution in [2.75, 3.05) is 0 Å². The van der Waals surface area contributed by atoms with Gasteiger partial charge in [0.05, 0.1) is 11.4 Å². The zero-order valence-electron chi connectivity index (χ0n) is 13.6. The van der Waals surface area contributed by atoms with E-state index in [9.17, 15) is 0 Å². The molecule has 21 heavy (non-hydrogen) atoms. The molecule has 3 aromatic rings. The molecule has 0 aliphatic rings. The molecule has 0 saturated carbocycles. The second-order valence-corrected chi connectivity index (χ2v) is 6.01. The number of aromatic nitrogens is 3. The molecule has 108 valence electrons. The van der Waals surface area contributed by atoms with E-state index in [4.69, 9.17) is 10.1 Å². The first-order valence-electron chi connectivity index (χ1n) is 7.30. The Morgan fingerprint density at radius 1 is 0.762 bits per heavy atom. The molecule has 0 bridgehead atoms. The van der Waals surface area contributed by atoms with Gasteiger partial charge < -0.3 is 0 Å². The molecule has 0 saturated heterocycles. The highest BCUT2D eigenvalue weighted by Gasteiger charge is 2.15. The van der Waals surface area contributed by atoms with Crippen LogP contribution in [0.15, 0.2) is 18.2 Å². The minimum absolute atomic E-state index is 0.950. The number of rotatable bonds is 1. The topological polar surface area (TPSA) is 30.7 Å². The molecule has 0 aliphatic carbocycles. The van der Waals surface area contributed by atoms with Crippen molar-refractivity contribution in [1.29, 1.82) is 0 Å². The predicted octanol–water partition coefficient (Wildman–Crippen LogP) is 4.27.